The molecule has 1 aromatic carbocycles. The van der Waals surface area contributed by atoms with Gasteiger partial charge in [0, 0.05) is 29.7 Å². The molecule has 0 saturated carbocycles. The van der Waals surface area contributed by atoms with Gasteiger partial charge in [0.1, 0.15) is 0 Å². The van der Waals surface area contributed by atoms with E-state index in [1.165, 1.54) is 4.90 Å². The van der Waals surface area contributed by atoms with E-state index in [9.17, 15) is 14.7 Å². The SMILES string of the molecule is CC1(C(=O)O)CCN(C(=O)NCCc2c(Cl)cccc2Cl)C1. The number of benzene rings is 1. The minimum atomic E-state index is -0.870. The summed E-state index contributed by atoms with van der Waals surface area (Å²) in [6, 6.07) is 5.02. The number of carboxylic acids is 1. The number of rotatable bonds is 4. The minimum absolute atomic E-state index is 0.223. The topological polar surface area (TPSA) is 69.6 Å². The molecular weight excluding hydrogens is 327 g/mol. The van der Waals surface area contributed by atoms with Gasteiger partial charge >= 0.3 is 12.0 Å². The third kappa shape index (κ3) is 3.65. The molecular formula is C15H18Cl2N2O3. The summed E-state index contributed by atoms with van der Waals surface area (Å²) in [6.07, 6.45) is 0.986. The zero-order chi connectivity index (χ0) is 16.3. The van der Waals surface area contributed by atoms with E-state index in [1.807, 2.05) is 0 Å². The van der Waals surface area contributed by atoms with Crippen molar-refractivity contribution in [3.05, 3.63) is 33.8 Å². The van der Waals surface area contributed by atoms with Crippen LogP contribution in [0.3, 0.4) is 0 Å². The van der Waals surface area contributed by atoms with Crippen molar-refractivity contribution in [2.45, 2.75) is 19.8 Å². The summed E-state index contributed by atoms with van der Waals surface area (Å²) in [5, 5.41) is 13.1. The monoisotopic (exact) mass is 344 g/mol. The number of carbonyl (C=O) groups excluding carboxylic acids is 1. The fourth-order valence-corrected chi connectivity index (χ4v) is 3.07. The molecule has 1 fully saturated rings. The Morgan fingerprint density at radius 3 is 2.55 bits per heavy atom. The second kappa shape index (κ2) is 6.75. The maximum absolute atomic E-state index is 12.1. The van der Waals surface area contributed by atoms with Crippen molar-refractivity contribution < 1.29 is 14.7 Å². The van der Waals surface area contributed by atoms with E-state index >= 15 is 0 Å². The summed E-state index contributed by atoms with van der Waals surface area (Å²) in [6.45, 7) is 2.72. The van der Waals surface area contributed by atoms with E-state index in [1.54, 1.807) is 25.1 Å². The zero-order valence-corrected chi connectivity index (χ0v) is 13.7. The zero-order valence-electron chi connectivity index (χ0n) is 12.2. The van der Waals surface area contributed by atoms with Crippen LogP contribution >= 0.6 is 23.2 Å². The summed E-state index contributed by atoms with van der Waals surface area (Å²) in [7, 11) is 0. The van der Waals surface area contributed by atoms with Crippen molar-refractivity contribution in [2.24, 2.45) is 5.41 Å². The average molecular weight is 345 g/mol. The standard InChI is InChI=1S/C15H18Cl2N2O3/c1-15(13(20)21)6-8-19(9-15)14(22)18-7-5-10-11(16)3-2-4-12(10)17/h2-4H,5-9H2,1H3,(H,18,22)(H,20,21). The highest BCUT2D eigenvalue weighted by Gasteiger charge is 2.42. The van der Waals surface area contributed by atoms with Crippen LogP contribution in [-0.4, -0.2) is 41.6 Å². The van der Waals surface area contributed by atoms with Crippen LogP contribution in [0.5, 0.6) is 0 Å². The molecule has 1 saturated heterocycles. The van der Waals surface area contributed by atoms with Crippen LogP contribution in [0, 0.1) is 5.41 Å². The number of likely N-dealkylation sites (tertiary alicyclic amines) is 1. The van der Waals surface area contributed by atoms with E-state index in [0.717, 1.165) is 5.56 Å². The van der Waals surface area contributed by atoms with Gasteiger partial charge in [-0.25, -0.2) is 4.79 Å². The Morgan fingerprint density at radius 1 is 1.36 bits per heavy atom. The number of aliphatic carboxylic acids is 1. The molecule has 1 atom stereocenters. The van der Waals surface area contributed by atoms with Crippen LogP contribution in [0.25, 0.3) is 0 Å². The van der Waals surface area contributed by atoms with E-state index < -0.39 is 11.4 Å². The molecule has 0 aliphatic carbocycles. The van der Waals surface area contributed by atoms with Gasteiger partial charge in [0.15, 0.2) is 0 Å². The van der Waals surface area contributed by atoms with Gasteiger partial charge in [-0.15, -0.1) is 0 Å². The van der Waals surface area contributed by atoms with Gasteiger partial charge in [-0.1, -0.05) is 29.3 Å². The summed E-state index contributed by atoms with van der Waals surface area (Å²) in [4.78, 5) is 24.8. The maximum atomic E-state index is 12.1. The fraction of sp³-hybridized carbons (Fsp3) is 0.467. The minimum Gasteiger partial charge on any atom is -0.481 e. The summed E-state index contributed by atoms with van der Waals surface area (Å²) in [5.74, 6) is -0.870. The molecule has 120 valence electrons. The van der Waals surface area contributed by atoms with Crippen molar-refractivity contribution in [2.75, 3.05) is 19.6 Å². The number of hydrogen-bond acceptors (Lipinski definition) is 2. The van der Waals surface area contributed by atoms with Gasteiger partial charge in [-0.3, -0.25) is 4.79 Å². The molecule has 0 bridgehead atoms. The second-order valence-electron chi connectivity index (χ2n) is 5.72. The van der Waals surface area contributed by atoms with Gasteiger partial charge in [0.25, 0.3) is 0 Å². The lowest BCUT2D eigenvalue weighted by Gasteiger charge is -2.20. The Bertz CT molecular complexity index is 574. The molecule has 2 rings (SSSR count). The lowest BCUT2D eigenvalue weighted by Crippen LogP contribution is -2.41. The number of nitrogens with one attached hydrogen (secondary N) is 1. The summed E-state index contributed by atoms with van der Waals surface area (Å²) >= 11 is 12.1. The smallest absolute Gasteiger partial charge is 0.317 e. The Labute approximate surface area is 139 Å². The molecule has 1 heterocycles. The number of nitrogens with zero attached hydrogens (tertiary/aromatic N) is 1. The maximum Gasteiger partial charge on any atom is 0.317 e. The molecule has 0 spiro atoms. The molecule has 7 heteroatoms. The van der Waals surface area contributed by atoms with Gasteiger partial charge in [0.05, 0.1) is 5.41 Å². The van der Waals surface area contributed by atoms with Crippen molar-refractivity contribution in [3.63, 3.8) is 0 Å². The summed E-state index contributed by atoms with van der Waals surface area (Å²) in [5.41, 5.74) is -0.0634. The molecule has 1 aliphatic rings. The van der Waals surface area contributed by atoms with Gasteiger partial charge in [-0.05, 0) is 37.5 Å². The Morgan fingerprint density at radius 2 is 2.00 bits per heavy atom. The van der Waals surface area contributed by atoms with E-state index in [2.05, 4.69) is 5.32 Å². The van der Waals surface area contributed by atoms with Crippen molar-refractivity contribution in [1.82, 2.24) is 10.2 Å². The first-order chi connectivity index (χ1) is 10.3. The number of carboxylic acid groups (broad SMARTS) is 1. The van der Waals surface area contributed by atoms with Crippen LogP contribution in [-0.2, 0) is 11.2 Å². The highest BCUT2D eigenvalue weighted by atomic mass is 35.5. The highest BCUT2D eigenvalue weighted by molar-refractivity contribution is 6.35. The molecule has 1 unspecified atom stereocenters. The Hall–Kier alpha value is -1.46. The van der Waals surface area contributed by atoms with E-state index in [4.69, 9.17) is 23.2 Å². The first-order valence-corrected chi connectivity index (χ1v) is 7.78. The first kappa shape index (κ1) is 16.9. The van der Waals surface area contributed by atoms with E-state index in [0.29, 0.717) is 36.0 Å². The summed E-state index contributed by atoms with van der Waals surface area (Å²) < 4.78 is 0. The fourth-order valence-electron chi connectivity index (χ4n) is 2.49. The molecule has 2 amide bonds. The quantitative estimate of drug-likeness (QED) is 0.881. The van der Waals surface area contributed by atoms with Crippen LogP contribution in [0.1, 0.15) is 18.9 Å². The second-order valence-corrected chi connectivity index (χ2v) is 6.53. The Kier molecular flexibility index (Phi) is 5.19. The molecule has 0 radical (unpaired) electrons. The van der Waals surface area contributed by atoms with Crippen molar-refractivity contribution in [1.29, 1.82) is 0 Å². The van der Waals surface area contributed by atoms with Gasteiger partial charge in [0.2, 0.25) is 0 Å². The average Bonchev–Trinajstić information content (AvgIpc) is 2.86. The Balaban J connectivity index is 1.86. The van der Waals surface area contributed by atoms with Crippen LogP contribution in [0.4, 0.5) is 4.79 Å². The molecule has 22 heavy (non-hydrogen) atoms. The number of hydrogen-bond donors (Lipinski definition) is 2. The molecule has 1 aliphatic heterocycles. The highest BCUT2D eigenvalue weighted by Crippen LogP contribution is 2.30. The number of carbonyl (C=O) groups is 2. The molecule has 0 aromatic heterocycles. The van der Waals surface area contributed by atoms with E-state index in [-0.39, 0.29) is 12.6 Å². The predicted molar refractivity (Wildman–Crippen MR) is 85.5 cm³/mol. The van der Waals surface area contributed by atoms with Crippen molar-refractivity contribution >= 4 is 35.2 Å². The predicted octanol–water partition coefficient (Wildman–Crippen LogP) is 3.04. The van der Waals surface area contributed by atoms with Gasteiger partial charge < -0.3 is 15.3 Å². The number of amides is 2. The molecule has 1 aromatic rings. The van der Waals surface area contributed by atoms with Crippen LogP contribution in [0.2, 0.25) is 10.0 Å². The lowest BCUT2D eigenvalue weighted by atomic mass is 9.90. The normalized spacial score (nSPS) is 21.0. The number of halogens is 2. The van der Waals surface area contributed by atoms with Crippen LogP contribution in [0.15, 0.2) is 18.2 Å². The first-order valence-electron chi connectivity index (χ1n) is 7.02. The van der Waals surface area contributed by atoms with Crippen LogP contribution < -0.4 is 5.32 Å². The number of urea groups is 1. The largest absolute Gasteiger partial charge is 0.481 e. The third-order valence-electron chi connectivity index (χ3n) is 3.99. The molecule has 2 N–H and O–H groups in total. The third-order valence-corrected chi connectivity index (χ3v) is 4.70. The molecule has 5 nitrogen and oxygen atoms in total. The lowest BCUT2D eigenvalue weighted by molar-refractivity contribution is -0.146. The van der Waals surface area contributed by atoms with Gasteiger partial charge in [-0.2, -0.15) is 0 Å². The van der Waals surface area contributed by atoms with Crippen molar-refractivity contribution in [3.8, 4) is 0 Å².